The summed E-state index contributed by atoms with van der Waals surface area (Å²) >= 11 is 0. The van der Waals surface area contributed by atoms with Crippen LogP contribution in [-0.2, 0) is 15.8 Å². The minimum atomic E-state index is -4.66. The molecule has 1 saturated heterocycles. The standard InChI is InChI=1S/C30H28F3NO5/c1-17(2)16-39-24-12-11-20(13-18(24)3)27(35)25-26(19-7-5-10-23(14-19)38-4)34(29(37)28(25)36)22-9-6-8-21(15-22)30(31,32)33/h5-15,17,26,35H,16H2,1-4H3/b27-25+. The third kappa shape index (κ3) is 5.62. The number of Topliss-reactive ketones (excluding diaryl/α,β-unsaturated/α-hetero) is 1. The van der Waals surface area contributed by atoms with Crippen molar-refractivity contribution in [1.29, 1.82) is 0 Å². The molecule has 3 aromatic carbocycles. The second kappa shape index (κ2) is 10.8. The molecule has 6 nitrogen and oxygen atoms in total. The van der Waals surface area contributed by atoms with Crippen LogP contribution in [0.25, 0.3) is 5.76 Å². The minimum absolute atomic E-state index is 0.132. The first-order chi connectivity index (χ1) is 18.4. The fraction of sp³-hybridized carbons (Fsp3) is 0.267. The van der Waals surface area contributed by atoms with E-state index < -0.39 is 35.2 Å². The summed E-state index contributed by atoms with van der Waals surface area (Å²) in [6.45, 7) is 6.30. The van der Waals surface area contributed by atoms with Crippen LogP contribution in [0.5, 0.6) is 11.5 Å². The highest BCUT2D eigenvalue weighted by atomic mass is 19.4. The number of halogens is 3. The van der Waals surface area contributed by atoms with E-state index in [9.17, 15) is 27.9 Å². The second-order valence-electron chi connectivity index (χ2n) is 9.68. The molecule has 0 spiro atoms. The molecule has 0 saturated carbocycles. The molecule has 1 aliphatic rings. The maximum atomic E-state index is 13.5. The molecule has 1 unspecified atom stereocenters. The number of amides is 1. The van der Waals surface area contributed by atoms with E-state index in [1.54, 1.807) is 49.4 Å². The van der Waals surface area contributed by atoms with E-state index in [1.165, 1.54) is 19.2 Å². The number of ether oxygens (including phenoxy) is 2. The van der Waals surface area contributed by atoms with E-state index in [2.05, 4.69) is 0 Å². The van der Waals surface area contributed by atoms with Crippen molar-refractivity contribution in [2.24, 2.45) is 5.92 Å². The fourth-order valence-electron chi connectivity index (χ4n) is 4.43. The fourth-order valence-corrected chi connectivity index (χ4v) is 4.43. The number of rotatable bonds is 7. The van der Waals surface area contributed by atoms with Gasteiger partial charge in [-0.1, -0.05) is 32.0 Å². The van der Waals surface area contributed by atoms with Crippen molar-refractivity contribution in [3.05, 3.63) is 94.6 Å². The number of alkyl halides is 3. The predicted molar refractivity (Wildman–Crippen MR) is 141 cm³/mol. The molecule has 204 valence electrons. The molecule has 0 aromatic heterocycles. The van der Waals surface area contributed by atoms with Gasteiger partial charge in [-0.2, -0.15) is 13.2 Å². The molecule has 39 heavy (non-hydrogen) atoms. The first-order valence-electron chi connectivity index (χ1n) is 12.3. The summed E-state index contributed by atoms with van der Waals surface area (Å²) in [5.74, 6) is -1.22. The topological polar surface area (TPSA) is 76.1 Å². The van der Waals surface area contributed by atoms with Crippen LogP contribution in [0.1, 0.15) is 42.1 Å². The molecule has 0 radical (unpaired) electrons. The molecule has 3 aromatic rings. The average Bonchev–Trinajstić information content (AvgIpc) is 3.17. The third-order valence-electron chi connectivity index (χ3n) is 6.33. The van der Waals surface area contributed by atoms with Gasteiger partial charge in [-0.05, 0) is 72.5 Å². The maximum Gasteiger partial charge on any atom is 0.416 e. The van der Waals surface area contributed by atoms with Crippen molar-refractivity contribution in [1.82, 2.24) is 0 Å². The van der Waals surface area contributed by atoms with Crippen molar-refractivity contribution >= 4 is 23.1 Å². The summed E-state index contributed by atoms with van der Waals surface area (Å²) in [7, 11) is 1.44. The van der Waals surface area contributed by atoms with Crippen LogP contribution < -0.4 is 14.4 Å². The van der Waals surface area contributed by atoms with E-state index in [0.717, 1.165) is 17.0 Å². The molecule has 1 amide bonds. The van der Waals surface area contributed by atoms with Gasteiger partial charge < -0.3 is 14.6 Å². The molecule has 1 heterocycles. The first-order valence-corrected chi connectivity index (χ1v) is 12.3. The van der Waals surface area contributed by atoms with Crippen LogP contribution in [0.15, 0.2) is 72.3 Å². The molecule has 1 atom stereocenters. The van der Waals surface area contributed by atoms with Gasteiger partial charge in [0.1, 0.15) is 17.3 Å². The van der Waals surface area contributed by atoms with E-state index in [-0.39, 0.29) is 16.8 Å². The first kappa shape index (κ1) is 27.8. The van der Waals surface area contributed by atoms with Gasteiger partial charge in [0, 0.05) is 11.3 Å². The van der Waals surface area contributed by atoms with Gasteiger partial charge >= 0.3 is 6.18 Å². The van der Waals surface area contributed by atoms with Gasteiger partial charge in [-0.3, -0.25) is 14.5 Å². The monoisotopic (exact) mass is 539 g/mol. The van der Waals surface area contributed by atoms with Crippen LogP contribution in [0.4, 0.5) is 18.9 Å². The highest BCUT2D eigenvalue weighted by Crippen LogP contribution is 2.44. The van der Waals surface area contributed by atoms with Crippen LogP contribution in [-0.4, -0.2) is 30.5 Å². The number of hydrogen-bond donors (Lipinski definition) is 1. The molecule has 0 bridgehead atoms. The number of ketones is 1. The maximum absolute atomic E-state index is 13.5. The summed E-state index contributed by atoms with van der Waals surface area (Å²) < 4.78 is 51.6. The van der Waals surface area contributed by atoms with E-state index in [0.29, 0.717) is 35.2 Å². The number of aliphatic hydroxyl groups is 1. The number of methoxy groups -OCH3 is 1. The van der Waals surface area contributed by atoms with Gasteiger partial charge in [0.2, 0.25) is 0 Å². The highest BCUT2D eigenvalue weighted by Gasteiger charge is 2.47. The Labute approximate surface area is 224 Å². The number of anilines is 1. The lowest BCUT2D eigenvalue weighted by Gasteiger charge is -2.26. The highest BCUT2D eigenvalue weighted by molar-refractivity contribution is 6.51. The van der Waals surface area contributed by atoms with Crippen LogP contribution in [0.2, 0.25) is 0 Å². The summed E-state index contributed by atoms with van der Waals surface area (Å²) in [6, 6.07) is 14.3. The molecule has 4 rings (SSSR count). The average molecular weight is 540 g/mol. The van der Waals surface area contributed by atoms with E-state index in [1.807, 2.05) is 13.8 Å². The van der Waals surface area contributed by atoms with Crippen LogP contribution in [0.3, 0.4) is 0 Å². The minimum Gasteiger partial charge on any atom is -0.507 e. The Morgan fingerprint density at radius 1 is 1.03 bits per heavy atom. The quantitative estimate of drug-likeness (QED) is 0.206. The number of hydrogen-bond acceptors (Lipinski definition) is 5. The SMILES string of the molecule is COc1cccc(C2/C(=C(\O)c3ccc(OCC(C)C)c(C)c3)C(=O)C(=O)N2c2cccc(C(F)(F)F)c2)c1. The Morgan fingerprint density at radius 3 is 2.38 bits per heavy atom. The van der Waals surface area contributed by atoms with Gasteiger partial charge in [0.25, 0.3) is 11.7 Å². The zero-order chi connectivity index (χ0) is 28.5. The second-order valence-corrected chi connectivity index (χ2v) is 9.68. The lowest BCUT2D eigenvalue weighted by Crippen LogP contribution is -2.29. The van der Waals surface area contributed by atoms with Crippen molar-refractivity contribution < 1.29 is 37.3 Å². The number of carbonyl (C=O) groups is 2. The summed E-state index contributed by atoms with van der Waals surface area (Å²) in [5.41, 5.74) is -0.0163. The largest absolute Gasteiger partial charge is 0.507 e. The smallest absolute Gasteiger partial charge is 0.416 e. The summed E-state index contributed by atoms with van der Waals surface area (Å²) in [6.07, 6.45) is -4.66. The Kier molecular flexibility index (Phi) is 7.72. The number of aryl methyl sites for hydroxylation is 1. The number of nitrogens with zero attached hydrogens (tertiary/aromatic N) is 1. The summed E-state index contributed by atoms with van der Waals surface area (Å²) in [4.78, 5) is 27.7. The third-order valence-corrected chi connectivity index (χ3v) is 6.33. The predicted octanol–water partition coefficient (Wildman–Crippen LogP) is 6.68. The van der Waals surface area contributed by atoms with Crippen LogP contribution >= 0.6 is 0 Å². The lowest BCUT2D eigenvalue weighted by molar-refractivity contribution is -0.137. The van der Waals surface area contributed by atoms with Gasteiger partial charge in [0.15, 0.2) is 0 Å². The van der Waals surface area contributed by atoms with E-state index >= 15 is 0 Å². The zero-order valence-electron chi connectivity index (χ0n) is 21.9. The van der Waals surface area contributed by atoms with Gasteiger partial charge in [-0.25, -0.2) is 0 Å². The number of carbonyl (C=O) groups excluding carboxylic acids is 2. The van der Waals surface area contributed by atoms with Crippen molar-refractivity contribution in [3.8, 4) is 11.5 Å². The van der Waals surface area contributed by atoms with Crippen LogP contribution in [0, 0.1) is 12.8 Å². The molecule has 1 aliphatic heterocycles. The lowest BCUT2D eigenvalue weighted by atomic mass is 9.94. The van der Waals surface area contributed by atoms with E-state index in [4.69, 9.17) is 9.47 Å². The molecular weight excluding hydrogens is 511 g/mol. The molecule has 0 aliphatic carbocycles. The summed E-state index contributed by atoms with van der Waals surface area (Å²) in [5, 5.41) is 11.4. The molecule has 1 fully saturated rings. The van der Waals surface area contributed by atoms with Crippen molar-refractivity contribution in [2.45, 2.75) is 33.0 Å². The Hall–Kier alpha value is -4.27. The van der Waals surface area contributed by atoms with Gasteiger partial charge in [0.05, 0.1) is 30.9 Å². The Balaban J connectivity index is 1.89. The van der Waals surface area contributed by atoms with Crippen molar-refractivity contribution in [2.75, 3.05) is 18.6 Å². The Morgan fingerprint density at radius 2 is 1.74 bits per heavy atom. The molecule has 1 N–H and O–H groups in total. The van der Waals surface area contributed by atoms with Gasteiger partial charge in [-0.15, -0.1) is 0 Å². The molecule has 9 heteroatoms. The zero-order valence-corrected chi connectivity index (χ0v) is 21.9. The number of aliphatic hydroxyl groups excluding tert-OH is 1. The Bertz CT molecular complexity index is 1440. The number of benzene rings is 3. The molecular formula is C30H28F3NO5. The normalized spacial score (nSPS) is 17.1. The van der Waals surface area contributed by atoms with Crippen molar-refractivity contribution in [3.63, 3.8) is 0 Å².